The lowest BCUT2D eigenvalue weighted by molar-refractivity contribution is 0.112. The molecule has 0 aliphatic carbocycles. The minimum absolute atomic E-state index is 0.498. The molecule has 104 valence electrons. The van der Waals surface area contributed by atoms with E-state index in [1.165, 1.54) is 12.0 Å². The molecule has 1 aromatic rings. The molecule has 1 rings (SSSR count). The maximum atomic E-state index is 11.1. The molecular weight excluding hydrogens is 262 g/mol. The third-order valence-electron chi connectivity index (χ3n) is 2.53. The second-order valence-electron chi connectivity index (χ2n) is 3.88. The molecule has 0 spiro atoms. The fourth-order valence-electron chi connectivity index (χ4n) is 1.54. The van der Waals surface area contributed by atoms with Crippen LogP contribution in [0.3, 0.4) is 0 Å². The highest BCUT2D eigenvalue weighted by Gasteiger charge is 2.10. The Labute approximate surface area is 118 Å². The van der Waals surface area contributed by atoms with E-state index in [2.05, 4.69) is 11.9 Å². The van der Waals surface area contributed by atoms with E-state index >= 15 is 0 Å². The van der Waals surface area contributed by atoms with Crippen LogP contribution < -0.4 is 8.92 Å². The molecule has 1 aromatic carbocycles. The van der Waals surface area contributed by atoms with Crippen LogP contribution in [0.5, 0.6) is 11.5 Å². The van der Waals surface area contributed by atoms with Gasteiger partial charge in [-0.1, -0.05) is 13.3 Å². The fraction of sp³-hybridized carbons (Fsp3) is 0.429. The van der Waals surface area contributed by atoms with Crippen molar-refractivity contribution < 1.29 is 13.7 Å². The van der Waals surface area contributed by atoms with Crippen LogP contribution in [-0.4, -0.2) is 25.9 Å². The lowest BCUT2D eigenvalue weighted by Crippen LogP contribution is -1.92. The molecule has 0 amide bonds. The van der Waals surface area contributed by atoms with Gasteiger partial charge in [-0.3, -0.25) is 9.79 Å². The first kappa shape index (κ1) is 15.6. The Balaban J connectivity index is 3.03. The van der Waals surface area contributed by atoms with Crippen LogP contribution in [-0.2, 0) is 0 Å². The van der Waals surface area contributed by atoms with Gasteiger partial charge in [0, 0.05) is 24.1 Å². The van der Waals surface area contributed by atoms with Crippen molar-refractivity contribution in [3.05, 3.63) is 17.7 Å². The van der Waals surface area contributed by atoms with Crippen molar-refractivity contribution in [2.75, 3.05) is 13.4 Å². The van der Waals surface area contributed by atoms with Crippen LogP contribution in [0, 0.1) is 0 Å². The Morgan fingerprint density at radius 3 is 2.74 bits per heavy atom. The van der Waals surface area contributed by atoms with Gasteiger partial charge < -0.3 is 8.92 Å². The first-order chi connectivity index (χ1) is 9.26. The third-order valence-corrected chi connectivity index (χ3v) is 2.88. The summed E-state index contributed by atoms with van der Waals surface area (Å²) in [7, 11) is 1.54. The Morgan fingerprint density at radius 1 is 1.37 bits per heavy atom. The molecule has 0 unspecified atom stereocenters. The first-order valence-electron chi connectivity index (χ1n) is 6.17. The highest BCUT2D eigenvalue weighted by molar-refractivity contribution is 7.94. The van der Waals surface area contributed by atoms with E-state index in [1.807, 2.05) is 12.5 Å². The standard InChI is InChI=1S/C14H19NO3S/c1-4-5-6-7-15-12-9-14(18-19-3)13(17-2)8-11(12)10-16/h7-10H,4-6H2,1-3H3. The number of carbonyl (C=O) groups excluding carboxylic acids is 1. The van der Waals surface area contributed by atoms with Crippen LogP contribution in [0.25, 0.3) is 0 Å². The van der Waals surface area contributed by atoms with Gasteiger partial charge in [0.25, 0.3) is 0 Å². The summed E-state index contributed by atoms with van der Waals surface area (Å²) < 4.78 is 10.6. The molecule has 5 heteroatoms. The molecule has 0 aromatic heterocycles. The van der Waals surface area contributed by atoms with E-state index in [-0.39, 0.29) is 0 Å². The Hall–Kier alpha value is -1.49. The van der Waals surface area contributed by atoms with Gasteiger partial charge in [-0.05, 0) is 18.9 Å². The summed E-state index contributed by atoms with van der Waals surface area (Å²) in [5.74, 6) is 1.10. The van der Waals surface area contributed by atoms with Crippen LogP contribution >= 0.6 is 12.0 Å². The molecule has 0 aliphatic heterocycles. The Morgan fingerprint density at radius 2 is 2.16 bits per heavy atom. The van der Waals surface area contributed by atoms with Gasteiger partial charge in [-0.15, -0.1) is 0 Å². The van der Waals surface area contributed by atoms with Gasteiger partial charge in [0.2, 0.25) is 0 Å². The number of nitrogens with zero attached hydrogens (tertiary/aromatic N) is 1. The highest BCUT2D eigenvalue weighted by Crippen LogP contribution is 2.35. The zero-order valence-corrected chi connectivity index (χ0v) is 12.3. The summed E-state index contributed by atoms with van der Waals surface area (Å²) in [5, 5.41) is 0. The summed E-state index contributed by atoms with van der Waals surface area (Å²) >= 11 is 1.22. The Bertz CT molecular complexity index is 447. The maximum absolute atomic E-state index is 11.1. The van der Waals surface area contributed by atoms with Crippen molar-refractivity contribution in [2.24, 2.45) is 4.99 Å². The molecule has 0 radical (unpaired) electrons. The summed E-state index contributed by atoms with van der Waals surface area (Å²) in [4.78, 5) is 15.4. The first-order valence-corrected chi connectivity index (χ1v) is 7.32. The van der Waals surface area contributed by atoms with E-state index in [0.29, 0.717) is 22.7 Å². The number of aldehydes is 1. The van der Waals surface area contributed by atoms with Gasteiger partial charge in [-0.25, -0.2) is 0 Å². The molecule has 0 bridgehead atoms. The summed E-state index contributed by atoms with van der Waals surface area (Å²) in [5.41, 5.74) is 1.11. The monoisotopic (exact) mass is 281 g/mol. The smallest absolute Gasteiger partial charge is 0.181 e. The molecule has 0 saturated heterocycles. The second-order valence-corrected chi connectivity index (χ2v) is 4.38. The zero-order chi connectivity index (χ0) is 14.1. The molecule has 19 heavy (non-hydrogen) atoms. The second kappa shape index (κ2) is 8.58. The molecule has 0 atom stereocenters. The number of hydrogen-bond acceptors (Lipinski definition) is 5. The average molecular weight is 281 g/mol. The van der Waals surface area contributed by atoms with Gasteiger partial charge in [0.05, 0.1) is 24.8 Å². The van der Waals surface area contributed by atoms with E-state index in [1.54, 1.807) is 19.2 Å². The maximum Gasteiger partial charge on any atom is 0.181 e. The summed E-state index contributed by atoms with van der Waals surface area (Å²) in [6.07, 6.45) is 7.54. The number of benzene rings is 1. The zero-order valence-electron chi connectivity index (χ0n) is 11.5. The molecular formula is C14H19NO3S. The number of carbonyl (C=O) groups is 1. The lowest BCUT2D eigenvalue weighted by atomic mass is 10.1. The molecule has 0 fully saturated rings. The van der Waals surface area contributed by atoms with Crippen molar-refractivity contribution in [1.82, 2.24) is 0 Å². The Kier molecular flexibility index (Phi) is 7.03. The van der Waals surface area contributed by atoms with Gasteiger partial charge in [-0.2, -0.15) is 0 Å². The molecule has 4 nitrogen and oxygen atoms in total. The quantitative estimate of drug-likeness (QED) is 0.312. The molecule has 0 aliphatic rings. The molecule has 0 saturated carbocycles. The predicted molar refractivity (Wildman–Crippen MR) is 80.2 cm³/mol. The normalized spacial score (nSPS) is 10.7. The van der Waals surface area contributed by atoms with Gasteiger partial charge in [0.1, 0.15) is 0 Å². The van der Waals surface area contributed by atoms with E-state index in [9.17, 15) is 4.79 Å². The summed E-state index contributed by atoms with van der Waals surface area (Å²) in [6, 6.07) is 3.37. The van der Waals surface area contributed by atoms with Crippen LogP contribution in [0.4, 0.5) is 5.69 Å². The minimum Gasteiger partial charge on any atom is -0.493 e. The number of methoxy groups -OCH3 is 1. The lowest BCUT2D eigenvalue weighted by Gasteiger charge is -2.10. The van der Waals surface area contributed by atoms with Crippen molar-refractivity contribution >= 4 is 30.2 Å². The fourth-order valence-corrected chi connectivity index (χ4v) is 1.85. The van der Waals surface area contributed by atoms with Crippen molar-refractivity contribution in [1.29, 1.82) is 0 Å². The average Bonchev–Trinajstić information content (AvgIpc) is 2.44. The van der Waals surface area contributed by atoms with Crippen LogP contribution in [0.15, 0.2) is 17.1 Å². The SMILES string of the molecule is CCCCC=Nc1cc(OSC)c(OC)cc1C=O. The topological polar surface area (TPSA) is 47.9 Å². The minimum atomic E-state index is 0.498. The van der Waals surface area contributed by atoms with E-state index < -0.39 is 0 Å². The number of rotatable bonds is 8. The predicted octanol–water partition coefficient (Wildman–Crippen LogP) is 4.06. The molecule has 0 heterocycles. The van der Waals surface area contributed by atoms with Crippen LogP contribution in [0.2, 0.25) is 0 Å². The van der Waals surface area contributed by atoms with Crippen LogP contribution in [0.1, 0.15) is 36.5 Å². The number of unbranched alkanes of at least 4 members (excludes halogenated alkanes) is 2. The van der Waals surface area contributed by atoms with Gasteiger partial charge in [0.15, 0.2) is 17.8 Å². The van der Waals surface area contributed by atoms with Gasteiger partial charge >= 0.3 is 0 Å². The number of aliphatic imine (C=N–C) groups is 1. The number of ether oxygens (including phenoxy) is 1. The van der Waals surface area contributed by atoms with Crippen molar-refractivity contribution in [3.8, 4) is 11.5 Å². The van der Waals surface area contributed by atoms with E-state index in [4.69, 9.17) is 8.92 Å². The molecule has 0 N–H and O–H groups in total. The largest absolute Gasteiger partial charge is 0.493 e. The summed E-state index contributed by atoms with van der Waals surface area (Å²) in [6.45, 7) is 2.13. The third kappa shape index (κ3) is 4.59. The van der Waals surface area contributed by atoms with Crippen molar-refractivity contribution in [3.63, 3.8) is 0 Å². The van der Waals surface area contributed by atoms with E-state index in [0.717, 1.165) is 25.5 Å². The number of hydrogen-bond donors (Lipinski definition) is 0. The highest BCUT2D eigenvalue weighted by atomic mass is 32.2. The van der Waals surface area contributed by atoms with Crippen molar-refractivity contribution in [2.45, 2.75) is 26.2 Å².